The lowest BCUT2D eigenvalue weighted by atomic mass is 9.87. The molecular weight excluding hydrogens is 498 g/mol. The molecule has 1 saturated heterocycles. The van der Waals surface area contributed by atoms with Gasteiger partial charge in [0.2, 0.25) is 0 Å². The van der Waals surface area contributed by atoms with Crippen LogP contribution < -0.4 is 0 Å². The molecule has 0 spiro atoms. The highest BCUT2D eigenvalue weighted by Crippen LogP contribution is 2.36. The molecule has 2 aliphatic rings. The number of imide groups is 1. The van der Waals surface area contributed by atoms with Crippen LogP contribution in [-0.4, -0.2) is 73.9 Å². The Bertz CT molecular complexity index is 1220. The molecule has 12 heteroatoms. The van der Waals surface area contributed by atoms with Gasteiger partial charge in [-0.3, -0.25) is 19.2 Å². The highest BCUT2D eigenvalue weighted by molar-refractivity contribution is 6.21. The molecule has 3 amide bonds. The second-order valence-corrected chi connectivity index (χ2v) is 9.17. The molecular formula is C26H27N3O9. The Balaban J connectivity index is 1.48. The first-order valence-corrected chi connectivity index (χ1v) is 12.1. The maximum absolute atomic E-state index is 13.4. The molecule has 0 radical (unpaired) electrons. The molecule has 2 aliphatic heterocycles. The summed E-state index contributed by atoms with van der Waals surface area (Å²) in [5, 5.41) is 33.6. The van der Waals surface area contributed by atoms with Crippen LogP contribution in [0.3, 0.4) is 0 Å². The number of hydrogen-bond donors (Lipinski definition) is 2. The average molecular weight is 526 g/mol. The Morgan fingerprint density at radius 1 is 0.921 bits per heavy atom. The number of carbonyl (C=O) groups excluding carboxylic acids is 3. The third-order valence-electron chi connectivity index (χ3n) is 6.69. The second kappa shape index (κ2) is 11.2. The number of hydrogen-bond acceptors (Lipinski definition) is 8. The third-order valence-corrected chi connectivity index (χ3v) is 6.69. The van der Waals surface area contributed by atoms with Crippen LogP contribution in [0.2, 0.25) is 0 Å². The van der Waals surface area contributed by atoms with Gasteiger partial charge in [-0.25, -0.2) is 0 Å². The van der Waals surface area contributed by atoms with Crippen molar-refractivity contribution in [2.75, 3.05) is 13.2 Å². The third kappa shape index (κ3) is 5.07. The Morgan fingerprint density at radius 3 is 2.11 bits per heavy atom. The van der Waals surface area contributed by atoms with Gasteiger partial charge in [0.05, 0.1) is 23.7 Å². The van der Waals surface area contributed by atoms with Crippen LogP contribution in [0.5, 0.6) is 0 Å². The van der Waals surface area contributed by atoms with E-state index in [0.29, 0.717) is 32.5 Å². The minimum Gasteiger partial charge on any atom is -0.599 e. The van der Waals surface area contributed by atoms with Crippen molar-refractivity contribution in [3.8, 4) is 0 Å². The zero-order valence-electron chi connectivity index (χ0n) is 20.4. The normalized spacial score (nSPS) is 23.5. The van der Waals surface area contributed by atoms with Crippen LogP contribution in [0.4, 0.5) is 4.79 Å². The lowest BCUT2D eigenvalue weighted by Gasteiger charge is -2.52. The monoisotopic (exact) mass is 525 g/mol. The van der Waals surface area contributed by atoms with E-state index in [-0.39, 0.29) is 27.7 Å². The highest BCUT2D eigenvalue weighted by atomic mass is 16.7. The van der Waals surface area contributed by atoms with Crippen LogP contribution >= 0.6 is 0 Å². The number of Topliss-reactive ketones (excluding diaryl/α,β-unsaturated/α-hetero) is 1. The molecule has 0 bridgehead atoms. The Labute approximate surface area is 217 Å². The molecule has 3 unspecified atom stereocenters. The number of benzene rings is 2. The van der Waals surface area contributed by atoms with E-state index < -0.39 is 52.9 Å². The molecule has 2 heterocycles. The quantitative estimate of drug-likeness (QED) is 0.204. The molecule has 0 saturated carbocycles. The molecule has 3 atom stereocenters. The van der Waals surface area contributed by atoms with Gasteiger partial charge in [0.15, 0.2) is 18.4 Å². The van der Waals surface area contributed by atoms with E-state index in [2.05, 4.69) is 0 Å². The van der Waals surface area contributed by atoms with Crippen molar-refractivity contribution in [3.63, 3.8) is 0 Å². The van der Waals surface area contributed by atoms with Gasteiger partial charge in [-0.15, -0.1) is 0 Å². The lowest BCUT2D eigenvalue weighted by Crippen LogP contribution is -2.77. The number of quaternary nitrogens is 1. The van der Waals surface area contributed by atoms with Crippen LogP contribution in [0.1, 0.15) is 52.0 Å². The number of fused-ring (bicyclic) bond motifs is 1. The van der Waals surface area contributed by atoms with Crippen molar-refractivity contribution < 1.29 is 43.7 Å². The molecule has 38 heavy (non-hydrogen) atoms. The van der Waals surface area contributed by atoms with Gasteiger partial charge >= 0.3 is 12.1 Å². The summed E-state index contributed by atoms with van der Waals surface area (Å²) in [4.78, 5) is 63.4. The molecule has 12 nitrogen and oxygen atoms in total. The van der Waals surface area contributed by atoms with Gasteiger partial charge in [-0.05, 0) is 35.7 Å². The minimum absolute atomic E-state index is 0.0216. The summed E-state index contributed by atoms with van der Waals surface area (Å²) < 4.78 is 3.12. The fourth-order valence-electron chi connectivity index (χ4n) is 4.82. The van der Waals surface area contributed by atoms with Crippen molar-refractivity contribution >= 4 is 29.7 Å². The minimum atomic E-state index is -2.51. The fraction of sp³-hybridized carbons (Fsp3) is 0.346. The molecule has 200 valence electrons. The van der Waals surface area contributed by atoms with Gasteiger partial charge in [-0.2, -0.15) is 14.6 Å². The molecule has 0 aliphatic carbocycles. The fourth-order valence-corrected chi connectivity index (χ4v) is 4.82. The number of carbonyl (C=O) groups is 5. The van der Waals surface area contributed by atoms with Crippen LogP contribution in [0, 0.1) is 11.1 Å². The van der Waals surface area contributed by atoms with Crippen molar-refractivity contribution in [2.24, 2.45) is 5.92 Å². The summed E-state index contributed by atoms with van der Waals surface area (Å²) in [6.07, 6.45) is -0.501. The zero-order valence-corrected chi connectivity index (χ0v) is 20.4. The summed E-state index contributed by atoms with van der Waals surface area (Å²) in [5.74, 6) is -5.91. The number of carboxylic acid groups (broad SMARTS) is 2. The van der Waals surface area contributed by atoms with Crippen LogP contribution in [0.15, 0.2) is 54.6 Å². The van der Waals surface area contributed by atoms with Gasteiger partial charge in [0, 0.05) is 6.61 Å². The number of aliphatic carboxylic acids is 1. The van der Waals surface area contributed by atoms with E-state index in [0.717, 1.165) is 5.56 Å². The average Bonchev–Trinajstić information content (AvgIpc) is 3.14. The summed E-state index contributed by atoms with van der Waals surface area (Å²) in [7, 11) is 0. The van der Waals surface area contributed by atoms with Crippen molar-refractivity contribution in [2.45, 2.75) is 38.3 Å². The number of hydroxylamine groups is 2. The molecule has 2 N–H and O–H groups in total. The number of unbranched alkanes of at least 4 members (excludes halogenated alkanes) is 2. The first kappa shape index (κ1) is 27.1. The Morgan fingerprint density at radius 2 is 1.53 bits per heavy atom. The topological polar surface area (TPSA) is 165 Å². The number of carboxylic acids is 1. The summed E-state index contributed by atoms with van der Waals surface area (Å²) >= 11 is 0. The number of hydrazine groups is 1. The van der Waals surface area contributed by atoms with E-state index in [1.54, 1.807) is 0 Å². The molecule has 4 rings (SSSR count). The van der Waals surface area contributed by atoms with Crippen molar-refractivity contribution in [1.82, 2.24) is 10.1 Å². The first-order chi connectivity index (χ1) is 18.2. The Kier molecular flexibility index (Phi) is 7.97. The van der Waals surface area contributed by atoms with Crippen LogP contribution in [0.25, 0.3) is 0 Å². The predicted octanol–water partition coefficient (Wildman–Crippen LogP) is 2.84. The van der Waals surface area contributed by atoms with Crippen molar-refractivity contribution in [1.29, 1.82) is 0 Å². The van der Waals surface area contributed by atoms with E-state index in [9.17, 15) is 39.4 Å². The molecule has 2 aromatic carbocycles. The number of nitrogens with zero attached hydrogens (tertiary/aromatic N) is 3. The summed E-state index contributed by atoms with van der Waals surface area (Å²) in [6, 6.07) is 13.1. The van der Waals surface area contributed by atoms with Crippen LogP contribution in [-0.2, 0) is 20.9 Å². The van der Waals surface area contributed by atoms with Gasteiger partial charge in [0.25, 0.3) is 11.8 Å². The predicted molar refractivity (Wildman–Crippen MR) is 130 cm³/mol. The zero-order chi connectivity index (χ0) is 27.4. The number of amides is 3. The summed E-state index contributed by atoms with van der Waals surface area (Å²) in [6.45, 7) is -0.273. The second-order valence-electron chi connectivity index (χ2n) is 9.17. The van der Waals surface area contributed by atoms with Gasteiger partial charge in [-0.1, -0.05) is 55.3 Å². The summed E-state index contributed by atoms with van der Waals surface area (Å²) in [5.41, 5.74) is 0.834. The van der Waals surface area contributed by atoms with E-state index in [4.69, 9.17) is 4.74 Å². The number of ketones is 1. The van der Waals surface area contributed by atoms with E-state index in [1.807, 2.05) is 30.3 Å². The SMILES string of the molecule is O=C1C[N+]([O-])(C(=O)O)N(N2C(=O)c3ccccc3C2=O)C(C(=O)O)C1CCCCCOCc1ccccc1. The standard InChI is InChI=1S/C26H27N3O9/c30-21-15-29(37,26(35)36)28(27-23(31)18-11-6-7-12-19(18)24(27)32)22(25(33)34)20(21)13-5-2-8-14-38-16-17-9-3-1-4-10-17/h1,3-4,6-7,9-12,20,22H,2,5,8,13-16H2,(H,33,34)(H,35,36). The smallest absolute Gasteiger partial charge is 0.535 e. The maximum Gasteiger partial charge on any atom is 0.535 e. The highest BCUT2D eigenvalue weighted by Gasteiger charge is 2.61. The molecule has 1 fully saturated rings. The van der Waals surface area contributed by atoms with E-state index >= 15 is 0 Å². The van der Waals surface area contributed by atoms with E-state index in [1.165, 1.54) is 24.3 Å². The first-order valence-electron chi connectivity index (χ1n) is 12.1. The van der Waals surface area contributed by atoms with Gasteiger partial charge < -0.3 is 20.2 Å². The lowest BCUT2D eigenvalue weighted by molar-refractivity contribution is -0.948. The molecule has 2 aromatic rings. The number of rotatable bonds is 10. The molecule has 0 aromatic heterocycles. The Hall–Kier alpha value is -3.97. The maximum atomic E-state index is 13.4. The largest absolute Gasteiger partial charge is 0.599 e. The number of ether oxygens (including phenoxy) is 1. The van der Waals surface area contributed by atoms with Gasteiger partial charge in [0.1, 0.15) is 0 Å². The van der Waals surface area contributed by atoms with Crippen molar-refractivity contribution in [3.05, 3.63) is 76.5 Å².